The Morgan fingerprint density at radius 3 is 1.03 bits per heavy atom. The summed E-state index contributed by atoms with van der Waals surface area (Å²) in [4.78, 5) is 21.4. The minimum atomic E-state index is 0.817. The van der Waals surface area contributed by atoms with E-state index >= 15 is 0 Å². The van der Waals surface area contributed by atoms with Crippen LogP contribution in [-0.4, -0.2) is 19.9 Å². The molecule has 58 heavy (non-hydrogen) atoms. The van der Waals surface area contributed by atoms with Crippen LogP contribution in [-0.2, 0) is 0 Å². The van der Waals surface area contributed by atoms with Crippen LogP contribution in [0, 0.1) is 0 Å². The van der Waals surface area contributed by atoms with Crippen molar-refractivity contribution in [3.63, 3.8) is 0 Å². The molecule has 11 rings (SSSR count). The summed E-state index contributed by atoms with van der Waals surface area (Å²) in [5.41, 5.74) is 15.7. The van der Waals surface area contributed by atoms with Gasteiger partial charge in [0.1, 0.15) is 0 Å². The molecule has 0 aliphatic carbocycles. The molecule has 0 saturated heterocycles. The summed E-state index contributed by atoms with van der Waals surface area (Å²) in [5.74, 6) is 0. The van der Waals surface area contributed by atoms with Crippen molar-refractivity contribution in [1.29, 1.82) is 0 Å². The third kappa shape index (κ3) is 6.05. The number of pyridine rings is 4. The third-order valence-electron chi connectivity index (χ3n) is 11.1. The molecular formula is C54H34N4. The van der Waals surface area contributed by atoms with Crippen molar-refractivity contribution in [1.82, 2.24) is 19.9 Å². The molecule has 7 aromatic carbocycles. The SMILES string of the molecule is c1ccc(-c2ccc(-c3cc(-c4ccc5ccccc5n4)c4ccc5c(-c6ccc7ccccc7n6)cc(-c6ccc(-c7ccccc7)cc6)nc5c4n3)cc2)cc1. The van der Waals surface area contributed by atoms with Crippen molar-refractivity contribution in [3.8, 4) is 67.3 Å². The molecule has 0 unspecified atom stereocenters. The number of nitrogens with zero attached hydrogens (tertiary/aromatic N) is 4. The smallest absolute Gasteiger partial charge is 0.0979 e. The van der Waals surface area contributed by atoms with Crippen molar-refractivity contribution in [2.45, 2.75) is 0 Å². The lowest BCUT2D eigenvalue weighted by molar-refractivity contribution is 1.34. The van der Waals surface area contributed by atoms with Crippen molar-refractivity contribution in [2.75, 3.05) is 0 Å². The van der Waals surface area contributed by atoms with Gasteiger partial charge in [-0.1, -0.05) is 170 Å². The van der Waals surface area contributed by atoms with E-state index in [0.717, 1.165) is 99.8 Å². The molecule has 11 aromatic rings. The molecule has 0 aliphatic heterocycles. The first-order valence-corrected chi connectivity index (χ1v) is 19.5. The monoisotopic (exact) mass is 738 g/mol. The summed E-state index contributed by atoms with van der Waals surface area (Å²) in [6.45, 7) is 0. The van der Waals surface area contributed by atoms with Crippen LogP contribution < -0.4 is 0 Å². The van der Waals surface area contributed by atoms with Crippen molar-refractivity contribution in [3.05, 3.63) is 206 Å². The number of para-hydroxylation sites is 2. The van der Waals surface area contributed by atoms with Gasteiger partial charge >= 0.3 is 0 Å². The maximum absolute atomic E-state index is 5.49. The Morgan fingerprint density at radius 1 is 0.241 bits per heavy atom. The standard InChI is InChI=1S/C54H34N4/c1-3-11-35(12-4-1)37-19-23-41(24-20-37)51-33-45(49-31-27-39-15-7-9-17-47(39)55-49)43-29-30-44-46(50-32-28-40-16-8-10-18-48(40)56-50)34-52(58-54(44)53(43)57-51)42-25-21-38(22-26-42)36-13-5-2-6-14-36/h1-34H. The van der Waals surface area contributed by atoms with Crippen LogP contribution in [0.1, 0.15) is 0 Å². The molecule has 4 aromatic heterocycles. The van der Waals surface area contributed by atoms with Gasteiger partial charge in [0.15, 0.2) is 0 Å². The molecule has 0 radical (unpaired) electrons. The van der Waals surface area contributed by atoms with Crippen LogP contribution in [0.2, 0.25) is 0 Å². The Hall–Kier alpha value is -7.82. The number of benzene rings is 7. The van der Waals surface area contributed by atoms with Gasteiger partial charge in [-0.15, -0.1) is 0 Å². The lowest BCUT2D eigenvalue weighted by Gasteiger charge is -2.15. The molecule has 0 saturated carbocycles. The molecule has 4 heterocycles. The molecule has 0 fully saturated rings. The van der Waals surface area contributed by atoms with Gasteiger partial charge in [-0.3, -0.25) is 0 Å². The van der Waals surface area contributed by atoms with Crippen LogP contribution in [0.3, 0.4) is 0 Å². The van der Waals surface area contributed by atoms with Gasteiger partial charge in [-0.05, 0) is 58.7 Å². The van der Waals surface area contributed by atoms with Crippen LogP contribution in [0.15, 0.2) is 206 Å². The van der Waals surface area contributed by atoms with Gasteiger partial charge in [0.2, 0.25) is 0 Å². The fourth-order valence-electron chi connectivity index (χ4n) is 8.05. The Labute approximate surface area is 335 Å². The highest BCUT2D eigenvalue weighted by molar-refractivity contribution is 6.13. The van der Waals surface area contributed by atoms with Crippen LogP contribution in [0.25, 0.3) is 111 Å². The number of aromatic nitrogens is 4. The Kier molecular flexibility index (Phi) is 8.11. The Morgan fingerprint density at radius 2 is 0.603 bits per heavy atom. The van der Waals surface area contributed by atoms with Crippen molar-refractivity contribution in [2.24, 2.45) is 0 Å². The zero-order valence-electron chi connectivity index (χ0n) is 31.4. The summed E-state index contributed by atoms with van der Waals surface area (Å²) in [6, 6.07) is 72.1. The number of hydrogen-bond donors (Lipinski definition) is 0. The Balaban J connectivity index is 1.17. The second-order valence-electron chi connectivity index (χ2n) is 14.6. The fourth-order valence-corrected chi connectivity index (χ4v) is 8.05. The minimum Gasteiger partial charge on any atom is -0.248 e. The van der Waals surface area contributed by atoms with Gasteiger partial charge in [-0.25, -0.2) is 19.9 Å². The van der Waals surface area contributed by atoms with E-state index in [-0.39, 0.29) is 0 Å². The van der Waals surface area contributed by atoms with Crippen LogP contribution in [0.4, 0.5) is 0 Å². The highest BCUT2D eigenvalue weighted by atomic mass is 14.8. The molecule has 0 atom stereocenters. The van der Waals surface area contributed by atoms with E-state index in [4.69, 9.17) is 19.9 Å². The lowest BCUT2D eigenvalue weighted by atomic mass is 9.95. The molecule has 4 nitrogen and oxygen atoms in total. The van der Waals surface area contributed by atoms with Crippen molar-refractivity contribution >= 4 is 43.6 Å². The molecule has 270 valence electrons. The van der Waals surface area contributed by atoms with Gasteiger partial charge < -0.3 is 0 Å². The molecule has 0 N–H and O–H groups in total. The highest BCUT2D eigenvalue weighted by Gasteiger charge is 2.19. The first kappa shape index (κ1) is 33.5. The Bertz CT molecular complexity index is 3080. The molecule has 0 amide bonds. The van der Waals surface area contributed by atoms with E-state index in [1.54, 1.807) is 0 Å². The highest BCUT2D eigenvalue weighted by Crippen LogP contribution is 2.40. The maximum atomic E-state index is 5.49. The summed E-state index contributed by atoms with van der Waals surface area (Å²) in [7, 11) is 0. The molecular weight excluding hydrogens is 705 g/mol. The van der Waals surface area contributed by atoms with E-state index in [9.17, 15) is 0 Å². The lowest BCUT2D eigenvalue weighted by Crippen LogP contribution is -1.97. The average Bonchev–Trinajstić information content (AvgIpc) is 3.31. The zero-order chi connectivity index (χ0) is 38.4. The summed E-state index contributed by atoms with van der Waals surface area (Å²) in [5, 5.41) is 4.18. The normalized spacial score (nSPS) is 11.4. The summed E-state index contributed by atoms with van der Waals surface area (Å²) < 4.78 is 0. The molecule has 0 bridgehead atoms. The van der Waals surface area contributed by atoms with E-state index in [1.165, 1.54) is 11.1 Å². The van der Waals surface area contributed by atoms with E-state index in [0.29, 0.717) is 0 Å². The average molecular weight is 739 g/mol. The second-order valence-corrected chi connectivity index (χ2v) is 14.6. The van der Waals surface area contributed by atoms with E-state index in [2.05, 4.69) is 182 Å². The third-order valence-corrected chi connectivity index (χ3v) is 11.1. The van der Waals surface area contributed by atoms with Gasteiger partial charge in [0.25, 0.3) is 0 Å². The van der Waals surface area contributed by atoms with Crippen molar-refractivity contribution < 1.29 is 0 Å². The fraction of sp³-hybridized carbons (Fsp3) is 0. The van der Waals surface area contributed by atoms with Gasteiger partial charge in [-0.2, -0.15) is 0 Å². The van der Waals surface area contributed by atoms with E-state index in [1.807, 2.05) is 24.3 Å². The maximum Gasteiger partial charge on any atom is 0.0979 e. The number of rotatable bonds is 6. The first-order chi connectivity index (χ1) is 28.7. The molecule has 4 heteroatoms. The first-order valence-electron chi connectivity index (χ1n) is 19.5. The van der Waals surface area contributed by atoms with Gasteiger partial charge in [0.05, 0.1) is 44.8 Å². The summed E-state index contributed by atoms with van der Waals surface area (Å²) in [6.07, 6.45) is 0. The zero-order valence-corrected chi connectivity index (χ0v) is 31.4. The predicted octanol–water partition coefficient (Wildman–Crippen LogP) is 13.9. The quantitative estimate of drug-likeness (QED) is 0.159. The topological polar surface area (TPSA) is 51.6 Å². The van der Waals surface area contributed by atoms with Crippen LogP contribution in [0.5, 0.6) is 0 Å². The minimum absolute atomic E-state index is 0.817. The second kappa shape index (κ2) is 14.0. The number of fused-ring (bicyclic) bond motifs is 5. The largest absolute Gasteiger partial charge is 0.248 e. The van der Waals surface area contributed by atoms with Crippen LogP contribution >= 0.6 is 0 Å². The summed E-state index contributed by atoms with van der Waals surface area (Å²) >= 11 is 0. The van der Waals surface area contributed by atoms with Gasteiger partial charge in [0, 0.05) is 43.8 Å². The van der Waals surface area contributed by atoms with E-state index < -0.39 is 0 Å². The number of hydrogen-bond acceptors (Lipinski definition) is 4. The molecule has 0 aliphatic rings. The predicted molar refractivity (Wildman–Crippen MR) is 240 cm³/mol. The molecule has 0 spiro atoms.